The molecule has 0 heterocycles. The van der Waals surface area contributed by atoms with Crippen LogP contribution in [0.1, 0.15) is 20.8 Å². The molecule has 1 aromatic carbocycles. The molecule has 1 aromatic rings. The van der Waals surface area contributed by atoms with Crippen molar-refractivity contribution in [2.24, 2.45) is 5.92 Å². The van der Waals surface area contributed by atoms with Gasteiger partial charge in [0.05, 0.1) is 12.0 Å². The predicted octanol–water partition coefficient (Wildman–Crippen LogP) is 3.27. The molecule has 4 nitrogen and oxygen atoms in total. The van der Waals surface area contributed by atoms with Crippen molar-refractivity contribution in [1.29, 1.82) is 0 Å². The fourth-order valence-electron chi connectivity index (χ4n) is 0.704. The Morgan fingerprint density at radius 1 is 1.20 bits per heavy atom. The van der Waals surface area contributed by atoms with E-state index in [1.54, 1.807) is 12.1 Å². The normalized spacial score (nSPS) is 9.13. The van der Waals surface area contributed by atoms with Crippen LogP contribution in [0.25, 0.3) is 0 Å². The van der Waals surface area contributed by atoms with Crippen LogP contribution in [0.15, 0.2) is 24.3 Å². The Kier molecular flexibility index (Phi) is 6.09. The molecule has 0 N–H and O–H groups in total. The number of nitro groups is 1. The maximum Gasteiger partial charge on any atom is 0.269 e. The first-order chi connectivity index (χ1) is 6.97. The van der Waals surface area contributed by atoms with Crippen molar-refractivity contribution in [3.05, 3.63) is 34.4 Å². The second-order valence-electron chi connectivity index (χ2n) is 3.69. The SMILES string of the molecule is CC(C)C.COc1ccc([N+](=O)[O-])cc1. The molecule has 0 aliphatic rings. The van der Waals surface area contributed by atoms with E-state index in [9.17, 15) is 10.1 Å². The molecule has 1 rings (SSSR count). The van der Waals surface area contributed by atoms with E-state index in [0.717, 1.165) is 5.92 Å². The Bertz CT molecular complexity index is 290. The van der Waals surface area contributed by atoms with Crippen molar-refractivity contribution in [2.75, 3.05) is 7.11 Å². The number of nitro benzene ring substituents is 1. The number of hydrogen-bond donors (Lipinski definition) is 0. The minimum atomic E-state index is -0.445. The van der Waals surface area contributed by atoms with Crippen LogP contribution in [0.4, 0.5) is 5.69 Å². The maximum atomic E-state index is 10.2. The van der Waals surface area contributed by atoms with E-state index < -0.39 is 4.92 Å². The molecule has 0 fully saturated rings. The second-order valence-corrected chi connectivity index (χ2v) is 3.69. The van der Waals surface area contributed by atoms with Gasteiger partial charge in [-0.05, 0) is 18.1 Å². The lowest BCUT2D eigenvalue weighted by Gasteiger charge is -1.96. The van der Waals surface area contributed by atoms with Crippen LogP contribution >= 0.6 is 0 Å². The lowest BCUT2D eigenvalue weighted by Crippen LogP contribution is -1.87. The number of non-ortho nitro benzene ring substituents is 1. The molecule has 0 bridgehead atoms. The van der Waals surface area contributed by atoms with Gasteiger partial charge >= 0.3 is 0 Å². The second kappa shape index (κ2) is 6.81. The third-order valence-electron chi connectivity index (χ3n) is 1.28. The Balaban J connectivity index is 0.000000423. The minimum absolute atomic E-state index is 0.0748. The third-order valence-corrected chi connectivity index (χ3v) is 1.28. The highest BCUT2D eigenvalue weighted by Gasteiger charge is 2.02. The smallest absolute Gasteiger partial charge is 0.269 e. The van der Waals surface area contributed by atoms with Crippen LogP contribution < -0.4 is 4.74 Å². The highest BCUT2D eigenvalue weighted by molar-refractivity contribution is 5.35. The van der Waals surface area contributed by atoms with E-state index in [1.807, 2.05) is 0 Å². The molecule has 0 saturated heterocycles. The topological polar surface area (TPSA) is 52.4 Å². The molecular weight excluding hydrogens is 194 g/mol. The molecule has 0 unspecified atom stereocenters. The van der Waals surface area contributed by atoms with Crippen molar-refractivity contribution >= 4 is 5.69 Å². The van der Waals surface area contributed by atoms with Crippen LogP contribution in [0.5, 0.6) is 5.75 Å². The van der Waals surface area contributed by atoms with Crippen LogP contribution in [0.2, 0.25) is 0 Å². The van der Waals surface area contributed by atoms with Crippen LogP contribution in [-0.2, 0) is 0 Å². The first kappa shape index (κ1) is 13.4. The van der Waals surface area contributed by atoms with E-state index in [0.29, 0.717) is 5.75 Å². The van der Waals surface area contributed by atoms with Crippen molar-refractivity contribution < 1.29 is 9.66 Å². The molecular formula is C11H17NO3. The summed E-state index contributed by atoms with van der Waals surface area (Å²) >= 11 is 0. The molecule has 0 aromatic heterocycles. The number of nitrogens with zero attached hydrogens (tertiary/aromatic N) is 1. The summed E-state index contributed by atoms with van der Waals surface area (Å²) in [6, 6.07) is 5.91. The third kappa shape index (κ3) is 6.49. The fourth-order valence-corrected chi connectivity index (χ4v) is 0.704. The molecule has 0 aliphatic carbocycles. The van der Waals surface area contributed by atoms with E-state index in [1.165, 1.54) is 19.2 Å². The zero-order valence-electron chi connectivity index (χ0n) is 9.56. The number of benzene rings is 1. The highest BCUT2D eigenvalue weighted by Crippen LogP contribution is 2.16. The quantitative estimate of drug-likeness (QED) is 0.557. The molecule has 0 radical (unpaired) electrons. The van der Waals surface area contributed by atoms with Gasteiger partial charge in [0.2, 0.25) is 0 Å². The standard InChI is InChI=1S/C7H7NO3.C4H10/c1-11-7-4-2-6(3-5-7)8(9)10;1-4(2)3/h2-5H,1H3;4H,1-3H3. The van der Waals surface area contributed by atoms with Crippen molar-refractivity contribution in [1.82, 2.24) is 0 Å². The highest BCUT2D eigenvalue weighted by atomic mass is 16.6. The molecule has 0 atom stereocenters. The zero-order chi connectivity index (χ0) is 11.8. The summed E-state index contributed by atoms with van der Waals surface area (Å²) < 4.78 is 4.83. The average Bonchev–Trinajstić information content (AvgIpc) is 2.17. The van der Waals surface area contributed by atoms with Gasteiger partial charge in [0.25, 0.3) is 5.69 Å². The van der Waals surface area contributed by atoms with Crippen LogP contribution in [0.3, 0.4) is 0 Å². The van der Waals surface area contributed by atoms with Crippen molar-refractivity contribution in [3.8, 4) is 5.75 Å². The molecule has 0 amide bonds. The first-order valence-corrected chi connectivity index (χ1v) is 4.75. The predicted molar refractivity (Wildman–Crippen MR) is 60.2 cm³/mol. The molecule has 0 spiro atoms. The summed E-state index contributed by atoms with van der Waals surface area (Å²) in [5, 5.41) is 10.2. The fraction of sp³-hybridized carbons (Fsp3) is 0.455. The average molecular weight is 211 g/mol. The monoisotopic (exact) mass is 211 g/mol. The summed E-state index contributed by atoms with van der Waals surface area (Å²) in [6.07, 6.45) is 0. The summed E-state index contributed by atoms with van der Waals surface area (Å²) in [7, 11) is 1.52. The summed E-state index contributed by atoms with van der Waals surface area (Å²) in [5.41, 5.74) is 0.0748. The lowest BCUT2D eigenvalue weighted by atomic mass is 10.3. The minimum Gasteiger partial charge on any atom is -0.497 e. The molecule has 15 heavy (non-hydrogen) atoms. The maximum absolute atomic E-state index is 10.2. The van der Waals surface area contributed by atoms with Gasteiger partial charge in [-0.3, -0.25) is 10.1 Å². The number of rotatable bonds is 2. The van der Waals surface area contributed by atoms with Crippen LogP contribution in [-0.4, -0.2) is 12.0 Å². The van der Waals surface area contributed by atoms with Crippen molar-refractivity contribution in [2.45, 2.75) is 20.8 Å². The van der Waals surface area contributed by atoms with E-state index >= 15 is 0 Å². The summed E-state index contributed by atoms with van der Waals surface area (Å²) in [6.45, 7) is 6.50. The first-order valence-electron chi connectivity index (χ1n) is 4.75. The molecule has 4 heteroatoms. The van der Waals surface area contributed by atoms with Crippen molar-refractivity contribution in [3.63, 3.8) is 0 Å². The van der Waals surface area contributed by atoms with E-state index in [4.69, 9.17) is 4.74 Å². The molecule has 0 aliphatic heterocycles. The van der Waals surface area contributed by atoms with Gasteiger partial charge in [-0.25, -0.2) is 0 Å². The zero-order valence-corrected chi connectivity index (χ0v) is 9.56. The summed E-state index contributed by atoms with van der Waals surface area (Å²) in [5.74, 6) is 1.45. The Labute approximate surface area is 90.0 Å². The van der Waals surface area contributed by atoms with Gasteiger partial charge in [-0.2, -0.15) is 0 Å². The van der Waals surface area contributed by atoms with Gasteiger partial charge in [0, 0.05) is 12.1 Å². The van der Waals surface area contributed by atoms with E-state index in [2.05, 4.69) is 20.8 Å². The largest absolute Gasteiger partial charge is 0.497 e. The number of methoxy groups -OCH3 is 1. The molecule has 84 valence electrons. The summed E-state index contributed by atoms with van der Waals surface area (Å²) in [4.78, 5) is 9.72. The van der Waals surface area contributed by atoms with Gasteiger partial charge in [0.1, 0.15) is 5.75 Å². The lowest BCUT2D eigenvalue weighted by molar-refractivity contribution is -0.384. The van der Waals surface area contributed by atoms with Gasteiger partial charge in [-0.15, -0.1) is 0 Å². The van der Waals surface area contributed by atoms with Gasteiger partial charge in [-0.1, -0.05) is 20.8 Å². The van der Waals surface area contributed by atoms with Crippen LogP contribution in [0, 0.1) is 16.0 Å². The van der Waals surface area contributed by atoms with E-state index in [-0.39, 0.29) is 5.69 Å². The van der Waals surface area contributed by atoms with Gasteiger partial charge in [0.15, 0.2) is 0 Å². The molecule has 0 saturated carbocycles. The Morgan fingerprint density at radius 2 is 1.60 bits per heavy atom. The number of ether oxygens (including phenoxy) is 1. The Morgan fingerprint density at radius 3 is 1.87 bits per heavy atom. The number of hydrogen-bond acceptors (Lipinski definition) is 3. The van der Waals surface area contributed by atoms with Gasteiger partial charge < -0.3 is 4.74 Å². The Hall–Kier alpha value is -1.58.